The number of carbonyl (C=O) groups is 2. The van der Waals surface area contributed by atoms with Crippen molar-refractivity contribution in [3.8, 4) is 0 Å². The summed E-state index contributed by atoms with van der Waals surface area (Å²) in [4.78, 5) is 27.4. The standard InChI is InChI=1S/C20H21NO3S/c1-15(25-17-10-3-2-4-11-17)20(23)24-14-19(22)21-13-7-9-16-8-5-6-12-18(16)21/h2-6,8,10-12,15H,7,9,13-14H2,1H3/t15-/m1/s1. The van der Waals surface area contributed by atoms with Gasteiger partial charge >= 0.3 is 5.97 Å². The van der Waals surface area contributed by atoms with Crippen LogP contribution in [-0.4, -0.2) is 30.3 Å². The molecule has 25 heavy (non-hydrogen) atoms. The van der Waals surface area contributed by atoms with Gasteiger partial charge in [0.1, 0.15) is 5.25 Å². The summed E-state index contributed by atoms with van der Waals surface area (Å²) in [5.74, 6) is -0.537. The summed E-state index contributed by atoms with van der Waals surface area (Å²) >= 11 is 1.43. The Morgan fingerprint density at radius 3 is 2.64 bits per heavy atom. The van der Waals surface area contributed by atoms with Crippen LogP contribution in [0.2, 0.25) is 0 Å². The van der Waals surface area contributed by atoms with Crippen LogP contribution in [0.25, 0.3) is 0 Å². The number of thioether (sulfide) groups is 1. The molecule has 0 saturated carbocycles. The highest BCUT2D eigenvalue weighted by Crippen LogP contribution is 2.27. The fourth-order valence-electron chi connectivity index (χ4n) is 2.87. The molecule has 0 saturated heterocycles. The molecular formula is C20H21NO3S. The molecule has 2 aromatic carbocycles. The summed E-state index contributed by atoms with van der Waals surface area (Å²) in [6.45, 7) is 2.25. The second-order valence-corrected chi connectivity index (χ2v) is 7.37. The predicted molar refractivity (Wildman–Crippen MR) is 99.8 cm³/mol. The number of hydrogen-bond acceptors (Lipinski definition) is 4. The molecule has 0 fully saturated rings. The Morgan fingerprint density at radius 2 is 1.84 bits per heavy atom. The summed E-state index contributed by atoms with van der Waals surface area (Å²) in [6.07, 6.45) is 1.90. The van der Waals surface area contributed by atoms with Gasteiger partial charge in [-0.2, -0.15) is 0 Å². The van der Waals surface area contributed by atoms with Gasteiger partial charge in [0.05, 0.1) is 0 Å². The topological polar surface area (TPSA) is 46.6 Å². The van der Waals surface area contributed by atoms with E-state index in [4.69, 9.17) is 4.74 Å². The first kappa shape index (κ1) is 17.5. The number of nitrogens with zero attached hydrogens (tertiary/aromatic N) is 1. The fourth-order valence-corrected chi connectivity index (χ4v) is 3.76. The number of fused-ring (bicyclic) bond motifs is 1. The molecule has 0 N–H and O–H groups in total. The first-order chi connectivity index (χ1) is 12.1. The molecule has 0 aliphatic carbocycles. The lowest BCUT2D eigenvalue weighted by atomic mass is 10.0. The van der Waals surface area contributed by atoms with Crippen molar-refractivity contribution in [1.82, 2.24) is 0 Å². The van der Waals surface area contributed by atoms with Crippen molar-refractivity contribution < 1.29 is 14.3 Å². The Morgan fingerprint density at radius 1 is 1.12 bits per heavy atom. The largest absolute Gasteiger partial charge is 0.455 e. The smallest absolute Gasteiger partial charge is 0.319 e. The van der Waals surface area contributed by atoms with Crippen LogP contribution in [0.4, 0.5) is 5.69 Å². The highest BCUT2D eigenvalue weighted by molar-refractivity contribution is 8.00. The van der Waals surface area contributed by atoms with Gasteiger partial charge < -0.3 is 9.64 Å². The number of carbonyl (C=O) groups excluding carboxylic acids is 2. The van der Waals surface area contributed by atoms with Crippen molar-refractivity contribution in [3.05, 3.63) is 60.2 Å². The molecule has 1 heterocycles. The van der Waals surface area contributed by atoms with E-state index in [2.05, 4.69) is 0 Å². The molecule has 1 aliphatic heterocycles. The Bertz CT molecular complexity index is 748. The van der Waals surface area contributed by atoms with Gasteiger partial charge in [0.25, 0.3) is 5.91 Å². The minimum atomic E-state index is -0.368. The van der Waals surface area contributed by atoms with E-state index in [1.165, 1.54) is 17.3 Å². The van der Waals surface area contributed by atoms with Crippen molar-refractivity contribution in [1.29, 1.82) is 0 Å². The maximum absolute atomic E-state index is 12.5. The Kier molecular flexibility index (Phi) is 5.76. The van der Waals surface area contributed by atoms with E-state index in [1.807, 2.05) is 54.6 Å². The first-order valence-electron chi connectivity index (χ1n) is 8.42. The monoisotopic (exact) mass is 355 g/mol. The van der Waals surface area contributed by atoms with Gasteiger partial charge in [-0.05, 0) is 43.5 Å². The maximum atomic E-state index is 12.5. The third-order valence-electron chi connectivity index (χ3n) is 4.14. The number of aryl methyl sites for hydroxylation is 1. The highest BCUT2D eigenvalue weighted by atomic mass is 32.2. The number of hydrogen-bond donors (Lipinski definition) is 0. The molecular weight excluding hydrogens is 334 g/mol. The van der Waals surface area contributed by atoms with Crippen LogP contribution < -0.4 is 4.90 Å². The molecule has 0 spiro atoms. The third-order valence-corrected chi connectivity index (χ3v) is 5.23. The molecule has 3 rings (SSSR count). The van der Waals surface area contributed by atoms with Gasteiger partial charge in [-0.1, -0.05) is 36.4 Å². The number of benzene rings is 2. The third kappa shape index (κ3) is 4.42. The van der Waals surface area contributed by atoms with Crippen molar-refractivity contribution in [2.75, 3.05) is 18.1 Å². The molecule has 0 aromatic heterocycles. The van der Waals surface area contributed by atoms with E-state index < -0.39 is 0 Å². The van der Waals surface area contributed by atoms with E-state index >= 15 is 0 Å². The first-order valence-corrected chi connectivity index (χ1v) is 9.30. The molecule has 5 heteroatoms. The van der Waals surface area contributed by atoms with Crippen molar-refractivity contribution in [2.45, 2.75) is 29.9 Å². The molecule has 2 aromatic rings. The Hall–Kier alpha value is -2.27. The minimum absolute atomic E-state index is 0.169. The molecule has 0 radical (unpaired) electrons. The van der Waals surface area contributed by atoms with E-state index in [9.17, 15) is 9.59 Å². The number of ether oxygens (including phenoxy) is 1. The van der Waals surface area contributed by atoms with Crippen molar-refractivity contribution in [2.24, 2.45) is 0 Å². The predicted octanol–water partition coefficient (Wildman–Crippen LogP) is 3.69. The van der Waals surface area contributed by atoms with Gasteiger partial charge in [0.2, 0.25) is 0 Å². The van der Waals surface area contributed by atoms with Crippen LogP contribution in [-0.2, 0) is 20.7 Å². The van der Waals surface area contributed by atoms with Crippen molar-refractivity contribution >= 4 is 29.3 Å². The van der Waals surface area contributed by atoms with Crippen LogP contribution in [0.1, 0.15) is 18.9 Å². The molecule has 4 nitrogen and oxygen atoms in total. The average molecular weight is 355 g/mol. The summed E-state index contributed by atoms with van der Waals surface area (Å²) in [5.41, 5.74) is 2.10. The summed E-state index contributed by atoms with van der Waals surface area (Å²) < 4.78 is 5.26. The fraction of sp³-hybridized carbons (Fsp3) is 0.300. The second kappa shape index (κ2) is 8.21. The SMILES string of the molecule is C[C@@H](Sc1ccccc1)C(=O)OCC(=O)N1CCCc2ccccc21. The van der Waals surface area contributed by atoms with E-state index in [-0.39, 0.29) is 23.7 Å². The molecule has 130 valence electrons. The van der Waals surface area contributed by atoms with Crippen LogP contribution >= 0.6 is 11.8 Å². The van der Waals surface area contributed by atoms with E-state index in [0.717, 1.165) is 23.4 Å². The minimum Gasteiger partial charge on any atom is -0.455 e. The van der Waals surface area contributed by atoms with E-state index in [1.54, 1.807) is 11.8 Å². The zero-order valence-electron chi connectivity index (χ0n) is 14.2. The molecule has 1 atom stereocenters. The van der Waals surface area contributed by atoms with Crippen molar-refractivity contribution in [3.63, 3.8) is 0 Å². The van der Waals surface area contributed by atoms with Gasteiger partial charge in [0, 0.05) is 17.1 Å². The van der Waals surface area contributed by atoms with Crippen LogP contribution in [0.5, 0.6) is 0 Å². The van der Waals surface area contributed by atoms with Gasteiger partial charge in [-0.3, -0.25) is 9.59 Å². The zero-order chi connectivity index (χ0) is 17.6. The van der Waals surface area contributed by atoms with Crippen LogP contribution in [0.15, 0.2) is 59.5 Å². The molecule has 1 amide bonds. The quantitative estimate of drug-likeness (QED) is 0.606. The number of amides is 1. The Balaban J connectivity index is 1.55. The van der Waals surface area contributed by atoms with Gasteiger partial charge in [-0.15, -0.1) is 11.8 Å². The van der Waals surface area contributed by atoms with Gasteiger partial charge in [-0.25, -0.2) is 0 Å². The molecule has 0 bridgehead atoms. The average Bonchev–Trinajstić information content (AvgIpc) is 2.66. The zero-order valence-corrected chi connectivity index (χ0v) is 15.0. The van der Waals surface area contributed by atoms with E-state index in [0.29, 0.717) is 6.54 Å². The van der Waals surface area contributed by atoms with Crippen LogP contribution in [0, 0.1) is 0 Å². The summed E-state index contributed by atoms with van der Waals surface area (Å²) in [7, 11) is 0. The summed E-state index contributed by atoms with van der Waals surface area (Å²) in [5, 5.41) is -0.358. The lowest BCUT2D eigenvalue weighted by Crippen LogP contribution is -2.38. The van der Waals surface area contributed by atoms with Crippen LogP contribution in [0.3, 0.4) is 0 Å². The molecule has 0 unspecified atom stereocenters. The number of anilines is 1. The highest BCUT2D eigenvalue weighted by Gasteiger charge is 2.24. The number of para-hydroxylation sites is 1. The normalized spacial score (nSPS) is 14.5. The number of rotatable bonds is 5. The molecule has 1 aliphatic rings. The maximum Gasteiger partial charge on any atom is 0.319 e. The Labute approximate surface area is 152 Å². The second-order valence-electron chi connectivity index (χ2n) is 5.96. The summed E-state index contributed by atoms with van der Waals surface area (Å²) in [6, 6.07) is 17.6. The van der Waals surface area contributed by atoms with Gasteiger partial charge in [0.15, 0.2) is 6.61 Å². The lowest BCUT2D eigenvalue weighted by Gasteiger charge is -2.29. The number of esters is 1. The lowest BCUT2D eigenvalue weighted by molar-refractivity contribution is -0.147.